The Morgan fingerprint density at radius 1 is 0.875 bits per heavy atom. The van der Waals surface area contributed by atoms with E-state index in [1.165, 1.54) is 5.56 Å². The van der Waals surface area contributed by atoms with Crippen LogP contribution in [0.3, 0.4) is 0 Å². The van der Waals surface area contributed by atoms with Crippen LogP contribution in [-0.4, -0.2) is 19.2 Å². The molecule has 3 heteroatoms. The molecule has 124 valence electrons. The van der Waals surface area contributed by atoms with Gasteiger partial charge in [0.2, 0.25) is 0 Å². The van der Waals surface area contributed by atoms with Gasteiger partial charge in [0.15, 0.2) is 11.5 Å². The van der Waals surface area contributed by atoms with Gasteiger partial charge in [-0.3, -0.25) is 4.98 Å². The third-order valence-electron chi connectivity index (χ3n) is 4.29. The molecule has 3 nitrogen and oxygen atoms in total. The van der Waals surface area contributed by atoms with Crippen LogP contribution in [0.4, 0.5) is 0 Å². The molecule has 0 amide bonds. The number of hydrogen-bond donors (Lipinski definition) is 0. The second-order valence-corrected chi connectivity index (χ2v) is 6.92. The Morgan fingerprint density at radius 3 is 2.17 bits per heavy atom. The lowest BCUT2D eigenvalue weighted by atomic mass is 9.86. The van der Waals surface area contributed by atoms with Gasteiger partial charge in [-0.1, -0.05) is 51.1 Å². The fourth-order valence-electron chi connectivity index (χ4n) is 2.84. The molecule has 2 aromatic carbocycles. The largest absolute Gasteiger partial charge is 0.493 e. The first-order valence-corrected chi connectivity index (χ1v) is 8.05. The first-order valence-electron chi connectivity index (χ1n) is 8.05. The monoisotopic (exact) mass is 321 g/mol. The number of nitrogens with zero attached hydrogens (tertiary/aromatic N) is 1. The predicted molar refractivity (Wildman–Crippen MR) is 99.0 cm³/mol. The van der Waals surface area contributed by atoms with Crippen LogP contribution in [0, 0.1) is 0 Å². The average molecular weight is 321 g/mol. The van der Waals surface area contributed by atoms with Crippen molar-refractivity contribution in [1.82, 2.24) is 4.98 Å². The third-order valence-corrected chi connectivity index (χ3v) is 4.29. The van der Waals surface area contributed by atoms with Crippen LogP contribution in [0.25, 0.3) is 22.0 Å². The van der Waals surface area contributed by atoms with Gasteiger partial charge < -0.3 is 9.47 Å². The van der Waals surface area contributed by atoms with Gasteiger partial charge in [0.05, 0.1) is 19.9 Å². The topological polar surface area (TPSA) is 31.4 Å². The minimum absolute atomic E-state index is 0.152. The lowest BCUT2D eigenvalue weighted by molar-refractivity contribution is 0.358. The SMILES string of the molecule is COc1ccc2cc(-c3ccc(C(C)(C)C)cc3)ncc2c1OC. The zero-order valence-electron chi connectivity index (χ0n) is 14.9. The quantitative estimate of drug-likeness (QED) is 0.663. The lowest BCUT2D eigenvalue weighted by Gasteiger charge is -2.19. The molecule has 3 aromatic rings. The molecule has 3 rings (SSSR count). The van der Waals surface area contributed by atoms with Crippen molar-refractivity contribution in [2.24, 2.45) is 0 Å². The van der Waals surface area contributed by atoms with E-state index in [0.29, 0.717) is 5.75 Å². The van der Waals surface area contributed by atoms with Gasteiger partial charge in [-0.05, 0) is 28.5 Å². The minimum atomic E-state index is 0.152. The van der Waals surface area contributed by atoms with Crippen molar-refractivity contribution in [1.29, 1.82) is 0 Å². The molecule has 0 N–H and O–H groups in total. The molecular formula is C21H23NO2. The maximum atomic E-state index is 5.48. The molecule has 0 atom stereocenters. The Morgan fingerprint density at radius 2 is 1.58 bits per heavy atom. The zero-order chi connectivity index (χ0) is 17.3. The van der Waals surface area contributed by atoms with Crippen LogP contribution < -0.4 is 9.47 Å². The van der Waals surface area contributed by atoms with E-state index >= 15 is 0 Å². The normalized spacial score (nSPS) is 11.5. The van der Waals surface area contributed by atoms with E-state index in [-0.39, 0.29) is 5.41 Å². The molecule has 0 bridgehead atoms. The van der Waals surface area contributed by atoms with Gasteiger partial charge in [0, 0.05) is 17.1 Å². The molecule has 0 spiro atoms. The van der Waals surface area contributed by atoms with E-state index < -0.39 is 0 Å². The summed E-state index contributed by atoms with van der Waals surface area (Å²) in [7, 11) is 3.29. The number of aromatic nitrogens is 1. The highest BCUT2D eigenvalue weighted by atomic mass is 16.5. The Bertz CT molecular complexity index is 861. The van der Waals surface area contributed by atoms with Crippen LogP contribution in [0.1, 0.15) is 26.3 Å². The Hall–Kier alpha value is -2.55. The fraction of sp³-hybridized carbons (Fsp3) is 0.286. The first kappa shape index (κ1) is 16.3. The second-order valence-electron chi connectivity index (χ2n) is 6.92. The van der Waals surface area contributed by atoms with Crippen LogP contribution in [0.15, 0.2) is 48.7 Å². The van der Waals surface area contributed by atoms with Gasteiger partial charge in [-0.25, -0.2) is 0 Å². The van der Waals surface area contributed by atoms with Crippen molar-refractivity contribution in [3.05, 3.63) is 54.2 Å². The van der Waals surface area contributed by atoms with E-state index in [1.807, 2.05) is 18.3 Å². The number of hydrogen-bond acceptors (Lipinski definition) is 3. The van der Waals surface area contributed by atoms with Crippen molar-refractivity contribution in [2.75, 3.05) is 14.2 Å². The molecule has 0 saturated heterocycles. The molecule has 0 aliphatic heterocycles. The summed E-state index contributed by atoms with van der Waals surface area (Å²) in [6.07, 6.45) is 1.85. The highest BCUT2D eigenvalue weighted by molar-refractivity contribution is 5.92. The highest BCUT2D eigenvalue weighted by Gasteiger charge is 2.14. The lowest BCUT2D eigenvalue weighted by Crippen LogP contribution is -2.10. The van der Waals surface area contributed by atoms with Gasteiger partial charge in [0.1, 0.15) is 0 Å². The van der Waals surface area contributed by atoms with E-state index in [4.69, 9.17) is 9.47 Å². The van der Waals surface area contributed by atoms with Gasteiger partial charge in [-0.2, -0.15) is 0 Å². The number of fused-ring (bicyclic) bond motifs is 1. The maximum absolute atomic E-state index is 5.48. The predicted octanol–water partition coefficient (Wildman–Crippen LogP) is 5.22. The minimum Gasteiger partial charge on any atom is -0.493 e. The molecule has 0 aliphatic rings. The van der Waals surface area contributed by atoms with E-state index in [2.05, 4.69) is 56.1 Å². The van der Waals surface area contributed by atoms with Gasteiger partial charge in [0.25, 0.3) is 0 Å². The van der Waals surface area contributed by atoms with Crippen LogP contribution in [0.5, 0.6) is 11.5 Å². The summed E-state index contributed by atoms with van der Waals surface area (Å²) in [5, 5.41) is 2.03. The molecule has 0 aliphatic carbocycles. The van der Waals surface area contributed by atoms with Crippen molar-refractivity contribution >= 4 is 10.8 Å². The molecule has 1 heterocycles. The Kier molecular flexibility index (Phi) is 4.18. The van der Waals surface area contributed by atoms with Crippen molar-refractivity contribution in [3.8, 4) is 22.8 Å². The van der Waals surface area contributed by atoms with E-state index in [1.54, 1.807) is 14.2 Å². The number of benzene rings is 2. The molecule has 0 radical (unpaired) electrons. The number of rotatable bonds is 3. The molecule has 0 unspecified atom stereocenters. The van der Waals surface area contributed by atoms with Crippen LogP contribution in [0.2, 0.25) is 0 Å². The zero-order valence-corrected chi connectivity index (χ0v) is 14.9. The maximum Gasteiger partial charge on any atom is 0.170 e. The number of methoxy groups -OCH3 is 2. The second kappa shape index (κ2) is 6.16. The summed E-state index contributed by atoms with van der Waals surface area (Å²) in [4.78, 5) is 4.62. The Labute approximate surface area is 143 Å². The van der Waals surface area contributed by atoms with Crippen LogP contribution >= 0.6 is 0 Å². The first-order chi connectivity index (χ1) is 11.4. The summed E-state index contributed by atoms with van der Waals surface area (Å²) >= 11 is 0. The fourth-order valence-corrected chi connectivity index (χ4v) is 2.84. The highest BCUT2D eigenvalue weighted by Crippen LogP contribution is 2.36. The summed E-state index contributed by atoms with van der Waals surface area (Å²) in [6, 6.07) is 14.7. The van der Waals surface area contributed by atoms with Crippen molar-refractivity contribution in [2.45, 2.75) is 26.2 Å². The summed E-state index contributed by atoms with van der Waals surface area (Å²) in [5.41, 5.74) is 3.53. The summed E-state index contributed by atoms with van der Waals surface area (Å²) in [6.45, 7) is 6.65. The number of pyridine rings is 1. The smallest absolute Gasteiger partial charge is 0.170 e. The van der Waals surface area contributed by atoms with Crippen molar-refractivity contribution in [3.63, 3.8) is 0 Å². The molecule has 0 saturated carbocycles. The van der Waals surface area contributed by atoms with Gasteiger partial charge >= 0.3 is 0 Å². The molecule has 1 aromatic heterocycles. The molecule has 0 fully saturated rings. The van der Waals surface area contributed by atoms with E-state index in [0.717, 1.165) is 27.8 Å². The molecule has 24 heavy (non-hydrogen) atoms. The van der Waals surface area contributed by atoms with Gasteiger partial charge in [-0.15, -0.1) is 0 Å². The number of ether oxygens (including phenoxy) is 2. The van der Waals surface area contributed by atoms with Crippen molar-refractivity contribution < 1.29 is 9.47 Å². The van der Waals surface area contributed by atoms with Crippen LogP contribution in [-0.2, 0) is 5.41 Å². The average Bonchev–Trinajstić information content (AvgIpc) is 2.59. The standard InChI is InChI=1S/C21H23NO2/c1-21(2,3)16-9-6-14(7-10-16)18-12-15-8-11-19(23-4)20(24-5)17(15)13-22-18/h6-13H,1-5H3. The molecular weight excluding hydrogens is 298 g/mol. The summed E-state index contributed by atoms with van der Waals surface area (Å²) in [5.74, 6) is 1.44. The Balaban J connectivity index is 2.05. The third kappa shape index (κ3) is 2.94. The van der Waals surface area contributed by atoms with E-state index in [9.17, 15) is 0 Å². The summed E-state index contributed by atoms with van der Waals surface area (Å²) < 4.78 is 10.8.